The fraction of sp³-hybridized carbons (Fsp3) is 0.500. The Labute approximate surface area is 112 Å². The second-order valence-electron chi connectivity index (χ2n) is 4.65. The van der Waals surface area contributed by atoms with Gasteiger partial charge in [-0.3, -0.25) is 4.79 Å². The van der Waals surface area contributed by atoms with E-state index in [2.05, 4.69) is 10.6 Å². The molecule has 1 fully saturated rings. The maximum Gasteiger partial charge on any atom is 0.257 e. The highest BCUT2D eigenvalue weighted by molar-refractivity contribution is 5.77. The fourth-order valence-corrected chi connectivity index (χ4v) is 1.76. The van der Waals surface area contributed by atoms with Crippen molar-refractivity contribution in [3.8, 4) is 5.75 Å². The summed E-state index contributed by atoms with van der Waals surface area (Å²) in [6.45, 7) is 2.94. The van der Waals surface area contributed by atoms with Gasteiger partial charge in [0.15, 0.2) is 6.61 Å². The van der Waals surface area contributed by atoms with Gasteiger partial charge in [-0.15, -0.1) is 0 Å². The first-order chi connectivity index (χ1) is 9.19. The summed E-state index contributed by atoms with van der Waals surface area (Å²) in [5.41, 5.74) is 0.746. The van der Waals surface area contributed by atoms with Crippen LogP contribution < -0.4 is 15.4 Å². The van der Waals surface area contributed by atoms with E-state index in [1.807, 2.05) is 6.92 Å². The van der Waals surface area contributed by atoms with E-state index in [1.165, 1.54) is 25.0 Å². The van der Waals surface area contributed by atoms with Crippen LogP contribution in [0.1, 0.15) is 25.3 Å². The Balaban J connectivity index is 1.94. The van der Waals surface area contributed by atoms with Crippen molar-refractivity contribution >= 4 is 5.91 Å². The topological polar surface area (TPSA) is 50.4 Å². The molecule has 1 aromatic rings. The van der Waals surface area contributed by atoms with Crippen molar-refractivity contribution in [3.05, 3.63) is 29.6 Å². The molecular weight excluding hydrogens is 247 g/mol. The van der Waals surface area contributed by atoms with Crippen LogP contribution in [0.3, 0.4) is 0 Å². The lowest BCUT2D eigenvalue weighted by Crippen LogP contribution is -2.28. The Hall–Kier alpha value is -1.62. The standard InChI is InChI=1S/C14H19FN2O2/c1-2-16-14(18)9-19-13-6-3-11(15)7-10(13)8-17-12-4-5-12/h3,6-7,12,17H,2,4-5,8-9H2,1H3,(H,16,18). The Morgan fingerprint density at radius 2 is 2.26 bits per heavy atom. The van der Waals surface area contributed by atoms with Crippen LogP contribution >= 0.6 is 0 Å². The van der Waals surface area contributed by atoms with Crippen LogP contribution in [-0.4, -0.2) is 25.1 Å². The largest absolute Gasteiger partial charge is 0.483 e. The third-order valence-corrected chi connectivity index (χ3v) is 2.91. The Morgan fingerprint density at radius 1 is 1.47 bits per heavy atom. The number of carbonyl (C=O) groups excluding carboxylic acids is 1. The molecule has 0 radical (unpaired) electrons. The SMILES string of the molecule is CCNC(=O)COc1ccc(F)cc1CNC1CC1. The van der Waals surface area contributed by atoms with Crippen molar-refractivity contribution in [3.63, 3.8) is 0 Å². The number of amides is 1. The number of carbonyl (C=O) groups is 1. The minimum Gasteiger partial charge on any atom is -0.483 e. The molecule has 0 unspecified atom stereocenters. The lowest BCUT2D eigenvalue weighted by molar-refractivity contribution is -0.122. The van der Waals surface area contributed by atoms with Gasteiger partial charge < -0.3 is 15.4 Å². The van der Waals surface area contributed by atoms with Gasteiger partial charge in [0.05, 0.1) is 0 Å². The molecule has 0 atom stereocenters. The predicted octanol–water partition coefficient (Wildman–Crippen LogP) is 1.59. The van der Waals surface area contributed by atoms with E-state index in [1.54, 1.807) is 6.07 Å². The van der Waals surface area contributed by atoms with Crippen LogP contribution in [0.2, 0.25) is 0 Å². The van der Waals surface area contributed by atoms with Gasteiger partial charge in [-0.25, -0.2) is 4.39 Å². The molecule has 1 saturated carbocycles. The third kappa shape index (κ3) is 4.52. The first-order valence-corrected chi connectivity index (χ1v) is 6.60. The molecule has 19 heavy (non-hydrogen) atoms. The number of hydrogen-bond acceptors (Lipinski definition) is 3. The monoisotopic (exact) mass is 266 g/mol. The molecule has 104 valence electrons. The molecular formula is C14H19FN2O2. The van der Waals surface area contributed by atoms with E-state index < -0.39 is 0 Å². The number of halogens is 1. The minimum absolute atomic E-state index is 0.0457. The average molecular weight is 266 g/mol. The van der Waals surface area contributed by atoms with Crippen LogP contribution in [0.4, 0.5) is 4.39 Å². The van der Waals surface area contributed by atoms with Crippen LogP contribution in [0.25, 0.3) is 0 Å². The number of rotatable bonds is 7. The summed E-state index contributed by atoms with van der Waals surface area (Å²) in [5.74, 6) is 0.0895. The van der Waals surface area contributed by atoms with Crippen molar-refractivity contribution in [2.24, 2.45) is 0 Å². The lowest BCUT2D eigenvalue weighted by Gasteiger charge is -2.12. The second kappa shape index (κ2) is 6.52. The molecule has 2 N–H and O–H groups in total. The quantitative estimate of drug-likeness (QED) is 0.788. The van der Waals surface area contributed by atoms with E-state index in [-0.39, 0.29) is 18.3 Å². The first kappa shape index (κ1) is 13.8. The number of ether oxygens (including phenoxy) is 1. The first-order valence-electron chi connectivity index (χ1n) is 6.60. The van der Waals surface area contributed by atoms with E-state index in [9.17, 15) is 9.18 Å². The molecule has 0 spiro atoms. The smallest absolute Gasteiger partial charge is 0.257 e. The number of benzene rings is 1. The Bertz CT molecular complexity index is 447. The van der Waals surface area contributed by atoms with Crippen molar-refractivity contribution < 1.29 is 13.9 Å². The molecule has 0 aliphatic heterocycles. The van der Waals surface area contributed by atoms with E-state index in [0.29, 0.717) is 24.9 Å². The molecule has 0 bridgehead atoms. The van der Waals surface area contributed by atoms with Crippen LogP contribution in [0, 0.1) is 5.82 Å². The third-order valence-electron chi connectivity index (χ3n) is 2.91. The van der Waals surface area contributed by atoms with Gasteiger partial charge >= 0.3 is 0 Å². The summed E-state index contributed by atoms with van der Waals surface area (Å²) in [4.78, 5) is 11.3. The van der Waals surface area contributed by atoms with Gasteiger partial charge in [0, 0.05) is 24.7 Å². The number of nitrogens with one attached hydrogen (secondary N) is 2. The highest BCUT2D eigenvalue weighted by Crippen LogP contribution is 2.23. The zero-order chi connectivity index (χ0) is 13.7. The van der Waals surface area contributed by atoms with Crippen molar-refractivity contribution in [2.45, 2.75) is 32.4 Å². The van der Waals surface area contributed by atoms with Crippen molar-refractivity contribution in [2.75, 3.05) is 13.2 Å². The zero-order valence-electron chi connectivity index (χ0n) is 11.0. The van der Waals surface area contributed by atoms with Gasteiger partial charge in [-0.2, -0.15) is 0 Å². The van der Waals surface area contributed by atoms with Gasteiger partial charge in [0.1, 0.15) is 11.6 Å². The van der Waals surface area contributed by atoms with Crippen molar-refractivity contribution in [1.29, 1.82) is 0 Å². The molecule has 5 heteroatoms. The second-order valence-corrected chi connectivity index (χ2v) is 4.65. The zero-order valence-corrected chi connectivity index (χ0v) is 11.0. The van der Waals surface area contributed by atoms with Gasteiger partial charge in [-0.1, -0.05) is 0 Å². The Kier molecular flexibility index (Phi) is 4.74. The van der Waals surface area contributed by atoms with Crippen LogP contribution in [0.5, 0.6) is 5.75 Å². The molecule has 1 aliphatic rings. The summed E-state index contributed by atoms with van der Waals surface area (Å²) < 4.78 is 18.7. The van der Waals surface area contributed by atoms with Crippen LogP contribution in [-0.2, 0) is 11.3 Å². The maximum atomic E-state index is 13.2. The lowest BCUT2D eigenvalue weighted by atomic mass is 10.2. The molecule has 0 aromatic heterocycles. The Morgan fingerprint density at radius 3 is 2.95 bits per heavy atom. The van der Waals surface area contributed by atoms with Gasteiger partial charge in [0.25, 0.3) is 5.91 Å². The van der Waals surface area contributed by atoms with Crippen LogP contribution in [0.15, 0.2) is 18.2 Å². The fourth-order valence-electron chi connectivity index (χ4n) is 1.76. The molecule has 1 aromatic carbocycles. The highest BCUT2D eigenvalue weighted by atomic mass is 19.1. The summed E-state index contributed by atoms with van der Waals surface area (Å²) in [5, 5.41) is 5.96. The van der Waals surface area contributed by atoms with Gasteiger partial charge in [0.2, 0.25) is 0 Å². The predicted molar refractivity (Wildman–Crippen MR) is 70.4 cm³/mol. The van der Waals surface area contributed by atoms with Crippen molar-refractivity contribution in [1.82, 2.24) is 10.6 Å². The summed E-state index contributed by atoms with van der Waals surface area (Å²) >= 11 is 0. The minimum atomic E-state index is -0.294. The molecule has 0 saturated heterocycles. The van der Waals surface area contributed by atoms with E-state index >= 15 is 0 Å². The van der Waals surface area contributed by atoms with E-state index in [4.69, 9.17) is 4.74 Å². The summed E-state index contributed by atoms with van der Waals surface area (Å²) in [6.07, 6.45) is 2.34. The summed E-state index contributed by atoms with van der Waals surface area (Å²) in [6, 6.07) is 4.90. The summed E-state index contributed by atoms with van der Waals surface area (Å²) in [7, 11) is 0. The molecule has 4 nitrogen and oxygen atoms in total. The maximum absolute atomic E-state index is 13.2. The molecule has 2 rings (SSSR count). The normalized spacial score (nSPS) is 14.2. The number of likely N-dealkylation sites (N-methyl/N-ethyl adjacent to an activating group) is 1. The molecule has 0 heterocycles. The highest BCUT2D eigenvalue weighted by Gasteiger charge is 2.20. The van der Waals surface area contributed by atoms with E-state index in [0.717, 1.165) is 5.56 Å². The number of hydrogen-bond donors (Lipinski definition) is 2. The molecule has 1 amide bonds. The van der Waals surface area contributed by atoms with Gasteiger partial charge in [-0.05, 0) is 38.0 Å². The average Bonchev–Trinajstić information content (AvgIpc) is 3.19. The molecule has 1 aliphatic carbocycles.